The Morgan fingerprint density at radius 2 is 2.00 bits per heavy atom. The third-order valence-electron chi connectivity index (χ3n) is 3.78. The first-order valence-corrected chi connectivity index (χ1v) is 8.19. The number of nitrogens with zero attached hydrogens (tertiary/aromatic N) is 3. The number of hydrogen-bond acceptors (Lipinski definition) is 6. The number of hydrogen-bond donors (Lipinski definition) is 1. The number of nitrogens with one attached hydrogen (secondary N) is 1. The number of Topliss-reactive ketones (excluding diaryl/α,β-unsaturated/α-hetero) is 1. The van der Waals surface area contributed by atoms with Gasteiger partial charge in [-0.2, -0.15) is 5.26 Å². The zero-order valence-electron chi connectivity index (χ0n) is 12.3. The molecule has 0 bridgehead atoms. The number of thiophene rings is 1. The molecule has 0 fully saturated rings. The molecule has 0 aliphatic heterocycles. The normalized spacial score (nSPS) is 14.4. The number of amides is 1. The van der Waals surface area contributed by atoms with Gasteiger partial charge in [-0.25, -0.2) is 9.97 Å². The average molecular weight is 326 g/mol. The minimum atomic E-state index is -1.39. The minimum Gasteiger partial charge on any atom is -0.293 e. The molecule has 116 valence electrons. The van der Waals surface area contributed by atoms with Crippen LogP contribution < -0.4 is 5.32 Å². The van der Waals surface area contributed by atoms with Crippen LogP contribution in [0, 0.1) is 17.2 Å². The van der Waals surface area contributed by atoms with Crippen LogP contribution in [0.3, 0.4) is 0 Å². The van der Waals surface area contributed by atoms with Gasteiger partial charge in [0.25, 0.3) is 5.91 Å². The monoisotopic (exact) mass is 326 g/mol. The van der Waals surface area contributed by atoms with E-state index in [1.165, 1.54) is 28.6 Å². The zero-order chi connectivity index (χ0) is 16.2. The molecule has 6 nitrogen and oxygen atoms in total. The van der Waals surface area contributed by atoms with E-state index in [-0.39, 0.29) is 5.95 Å². The highest BCUT2D eigenvalue weighted by Gasteiger charge is 2.31. The summed E-state index contributed by atoms with van der Waals surface area (Å²) in [5.41, 5.74) is 1.52. The molecule has 0 unspecified atom stereocenters. The SMILES string of the molecule is N#C[C@@H](C(=O)Nc1ncccn1)C(=O)c1csc2c1CCCC2. The molecule has 1 aliphatic carbocycles. The second kappa shape index (κ2) is 6.67. The number of aromatic nitrogens is 2. The Balaban J connectivity index is 1.81. The highest BCUT2D eigenvalue weighted by Crippen LogP contribution is 2.31. The molecule has 7 heteroatoms. The molecule has 1 N–H and O–H groups in total. The van der Waals surface area contributed by atoms with Gasteiger partial charge >= 0.3 is 0 Å². The van der Waals surface area contributed by atoms with Crippen molar-refractivity contribution in [3.63, 3.8) is 0 Å². The molecule has 2 aromatic rings. The van der Waals surface area contributed by atoms with Crippen molar-refractivity contribution in [1.82, 2.24) is 9.97 Å². The summed E-state index contributed by atoms with van der Waals surface area (Å²) in [6.07, 6.45) is 6.90. The van der Waals surface area contributed by atoms with Crippen LogP contribution >= 0.6 is 11.3 Å². The predicted octanol–water partition coefficient (Wildman–Crippen LogP) is 2.38. The third-order valence-corrected chi connectivity index (χ3v) is 4.87. The summed E-state index contributed by atoms with van der Waals surface area (Å²) in [4.78, 5) is 33.8. The van der Waals surface area contributed by atoms with E-state index in [1.807, 2.05) is 0 Å². The second-order valence-electron chi connectivity index (χ2n) is 5.25. The Hall–Kier alpha value is -2.59. The summed E-state index contributed by atoms with van der Waals surface area (Å²) in [5, 5.41) is 13.5. The molecule has 0 aromatic carbocycles. The Morgan fingerprint density at radius 1 is 1.26 bits per heavy atom. The number of carbonyl (C=O) groups excluding carboxylic acids is 2. The van der Waals surface area contributed by atoms with Gasteiger partial charge in [-0.05, 0) is 37.3 Å². The molecule has 0 spiro atoms. The van der Waals surface area contributed by atoms with Gasteiger partial charge in [0.05, 0.1) is 6.07 Å². The highest BCUT2D eigenvalue weighted by molar-refractivity contribution is 7.10. The number of rotatable bonds is 4. The standard InChI is InChI=1S/C16H14N4O2S/c17-8-11(15(22)20-16-18-6-3-7-19-16)14(21)12-9-23-13-5-2-1-4-10(12)13/h3,6-7,9,11H,1-2,4-5H2,(H,18,19,20,22)/t11-/m1/s1. The van der Waals surface area contributed by atoms with Crippen LogP contribution in [0.25, 0.3) is 0 Å². The number of nitriles is 1. The number of anilines is 1. The van der Waals surface area contributed by atoms with E-state index in [4.69, 9.17) is 0 Å². The molecule has 2 heterocycles. The summed E-state index contributed by atoms with van der Waals surface area (Å²) in [6.45, 7) is 0. The highest BCUT2D eigenvalue weighted by atomic mass is 32.1. The Bertz CT molecular complexity index is 779. The third kappa shape index (κ3) is 3.12. The van der Waals surface area contributed by atoms with Crippen molar-refractivity contribution in [3.8, 4) is 6.07 Å². The van der Waals surface area contributed by atoms with Crippen LogP contribution in [0.1, 0.15) is 33.6 Å². The lowest BCUT2D eigenvalue weighted by Gasteiger charge is -2.13. The molecule has 0 saturated carbocycles. The maximum Gasteiger partial charge on any atom is 0.252 e. The molecule has 1 aliphatic rings. The quantitative estimate of drug-likeness (QED) is 0.687. The van der Waals surface area contributed by atoms with E-state index in [0.29, 0.717) is 5.56 Å². The van der Waals surface area contributed by atoms with E-state index in [2.05, 4.69) is 15.3 Å². The fourth-order valence-electron chi connectivity index (χ4n) is 2.64. The van der Waals surface area contributed by atoms with Crippen LogP contribution in [-0.4, -0.2) is 21.7 Å². The van der Waals surface area contributed by atoms with Gasteiger partial charge in [0.15, 0.2) is 11.7 Å². The Morgan fingerprint density at radius 3 is 2.74 bits per heavy atom. The minimum absolute atomic E-state index is 0.0814. The summed E-state index contributed by atoms with van der Waals surface area (Å²) in [6, 6.07) is 3.42. The van der Waals surface area contributed by atoms with Gasteiger partial charge < -0.3 is 0 Å². The van der Waals surface area contributed by atoms with Crippen LogP contribution in [0.2, 0.25) is 0 Å². The zero-order valence-corrected chi connectivity index (χ0v) is 13.1. The van der Waals surface area contributed by atoms with Gasteiger partial charge in [-0.15, -0.1) is 11.3 Å². The first-order chi connectivity index (χ1) is 11.2. The first-order valence-electron chi connectivity index (χ1n) is 7.31. The van der Waals surface area contributed by atoms with Crippen LogP contribution in [0.5, 0.6) is 0 Å². The molecule has 1 amide bonds. The van der Waals surface area contributed by atoms with Crippen molar-refractivity contribution in [2.24, 2.45) is 5.92 Å². The lowest BCUT2D eigenvalue weighted by Crippen LogP contribution is -2.29. The smallest absolute Gasteiger partial charge is 0.252 e. The maximum atomic E-state index is 12.6. The van der Waals surface area contributed by atoms with Gasteiger partial charge in [-0.3, -0.25) is 14.9 Å². The summed E-state index contributed by atoms with van der Waals surface area (Å²) >= 11 is 1.54. The fourth-order valence-corrected chi connectivity index (χ4v) is 3.77. The van der Waals surface area contributed by atoms with Gasteiger partial charge in [0, 0.05) is 28.2 Å². The summed E-state index contributed by atoms with van der Waals surface area (Å²) in [7, 11) is 0. The van der Waals surface area contributed by atoms with Crippen molar-refractivity contribution in [3.05, 3.63) is 39.8 Å². The van der Waals surface area contributed by atoms with Crippen molar-refractivity contribution in [2.75, 3.05) is 5.32 Å². The fraction of sp³-hybridized carbons (Fsp3) is 0.312. The molecular formula is C16H14N4O2S. The van der Waals surface area contributed by atoms with Crippen molar-refractivity contribution >= 4 is 29.0 Å². The van der Waals surface area contributed by atoms with E-state index in [1.54, 1.807) is 17.5 Å². The molecule has 2 aromatic heterocycles. The van der Waals surface area contributed by atoms with Crippen molar-refractivity contribution in [1.29, 1.82) is 5.26 Å². The Labute approximate surface area is 137 Å². The molecule has 3 rings (SSSR count). The number of fused-ring (bicyclic) bond motifs is 1. The van der Waals surface area contributed by atoms with Crippen LogP contribution in [0.4, 0.5) is 5.95 Å². The van der Waals surface area contributed by atoms with Crippen LogP contribution in [0.15, 0.2) is 23.8 Å². The van der Waals surface area contributed by atoms with E-state index >= 15 is 0 Å². The van der Waals surface area contributed by atoms with E-state index in [0.717, 1.165) is 31.2 Å². The average Bonchev–Trinajstić information content (AvgIpc) is 3.00. The van der Waals surface area contributed by atoms with Gasteiger partial charge in [0.2, 0.25) is 5.95 Å². The first kappa shape index (κ1) is 15.3. The molecule has 0 radical (unpaired) electrons. The second-order valence-corrected chi connectivity index (χ2v) is 6.21. The maximum absolute atomic E-state index is 12.6. The van der Waals surface area contributed by atoms with Gasteiger partial charge in [0.1, 0.15) is 0 Å². The number of carbonyl (C=O) groups is 2. The lowest BCUT2D eigenvalue weighted by molar-refractivity contribution is -0.117. The topological polar surface area (TPSA) is 95.7 Å². The van der Waals surface area contributed by atoms with Crippen LogP contribution in [-0.2, 0) is 17.6 Å². The molecule has 1 atom stereocenters. The molecular weight excluding hydrogens is 312 g/mol. The van der Waals surface area contributed by atoms with Crippen molar-refractivity contribution < 1.29 is 9.59 Å². The summed E-state index contributed by atoms with van der Waals surface area (Å²) < 4.78 is 0. The summed E-state index contributed by atoms with van der Waals surface area (Å²) in [5.74, 6) is -2.45. The van der Waals surface area contributed by atoms with Crippen molar-refractivity contribution in [2.45, 2.75) is 25.7 Å². The van der Waals surface area contributed by atoms with E-state index < -0.39 is 17.6 Å². The number of aryl methyl sites for hydroxylation is 1. The largest absolute Gasteiger partial charge is 0.293 e. The lowest BCUT2D eigenvalue weighted by atomic mass is 9.90. The van der Waals surface area contributed by atoms with Gasteiger partial charge in [-0.1, -0.05) is 0 Å². The predicted molar refractivity (Wildman–Crippen MR) is 85.1 cm³/mol. The molecule has 23 heavy (non-hydrogen) atoms. The number of ketones is 1. The Kier molecular flexibility index (Phi) is 4.44. The molecule has 0 saturated heterocycles. The van der Waals surface area contributed by atoms with E-state index in [9.17, 15) is 14.9 Å².